The van der Waals surface area contributed by atoms with Crippen LogP contribution in [-0.2, 0) is 11.2 Å². The van der Waals surface area contributed by atoms with Crippen molar-refractivity contribution in [3.8, 4) is 11.5 Å². The molecule has 1 aromatic heterocycles. The van der Waals surface area contributed by atoms with E-state index in [4.69, 9.17) is 14.2 Å². The largest absolute Gasteiger partial charge is 0.493 e. The molecule has 0 saturated heterocycles. The molecule has 1 atom stereocenters. The Labute approximate surface area is 150 Å². The van der Waals surface area contributed by atoms with Crippen LogP contribution in [0.3, 0.4) is 0 Å². The zero-order chi connectivity index (χ0) is 17.5. The van der Waals surface area contributed by atoms with Crippen molar-refractivity contribution in [2.45, 2.75) is 51.2 Å². The van der Waals surface area contributed by atoms with Crippen LogP contribution >= 0.6 is 0 Å². The number of aromatic nitrogens is 1. The van der Waals surface area contributed by atoms with Crippen LogP contribution in [0.5, 0.6) is 11.5 Å². The Morgan fingerprint density at radius 3 is 2.52 bits per heavy atom. The summed E-state index contributed by atoms with van der Waals surface area (Å²) >= 11 is 0. The Morgan fingerprint density at radius 1 is 1.08 bits per heavy atom. The summed E-state index contributed by atoms with van der Waals surface area (Å²) in [6.45, 7) is 2.69. The Morgan fingerprint density at radius 2 is 1.84 bits per heavy atom. The molecule has 4 heteroatoms. The third-order valence-corrected chi connectivity index (χ3v) is 4.69. The second-order valence-electron chi connectivity index (χ2n) is 6.44. The maximum atomic E-state index is 6.23. The minimum Gasteiger partial charge on any atom is -0.493 e. The normalized spacial score (nSPS) is 15.9. The smallest absolute Gasteiger partial charge is 0.161 e. The molecule has 0 N–H and O–H groups in total. The summed E-state index contributed by atoms with van der Waals surface area (Å²) in [4.78, 5) is 4.09. The van der Waals surface area contributed by atoms with Crippen LogP contribution in [0.1, 0.15) is 49.8 Å². The van der Waals surface area contributed by atoms with E-state index in [-0.39, 0.29) is 6.10 Å². The average molecular weight is 341 g/mol. The van der Waals surface area contributed by atoms with E-state index in [0.29, 0.717) is 12.7 Å². The number of methoxy groups -OCH3 is 1. The van der Waals surface area contributed by atoms with Gasteiger partial charge in [-0.25, -0.2) is 0 Å². The molecule has 1 aliphatic rings. The lowest BCUT2D eigenvalue weighted by molar-refractivity contribution is 0.0624. The average Bonchev–Trinajstić information content (AvgIpc) is 3.15. The second kappa shape index (κ2) is 8.86. The lowest BCUT2D eigenvalue weighted by atomic mass is 10.0. The molecule has 1 saturated carbocycles. The van der Waals surface area contributed by atoms with Crippen molar-refractivity contribution >= 4 is 0 Å². The van der Waals surface area contributed by atoms with Crippen molar-refractivity contribution in [1.82, 2.24) is 4.98 Å². The first-order valence-electron chi connectivity index (χ1n) is 9.15. The predicted molar refractivity (Wildman–Crippen MR) is 98.2 cm³/mol. The monoisotopic (exact) mass is 341 g/mol. The molecular formula is C21H27NO3. The van der Waals surface area contributed by atoms with Gasteiger partial charge in [-0.15, -0.1) is 0 Å². The Hall–Kier alpha value is -2.07. The van der Waals surface area contributed by atoms with Gasteiger partial charge >= 0.3 is 0 Å². The highest BCUT2D eigenvalue weighted by Crippen LogP contribution is 2.35. The Balaban J connectivity index is 1.82. The van der Waals surface area contributed by atoms with Gasteiger partial charge in [0.15, 0.2) is 11.5 Å². The number of pyridine rings is 1. The van der Waals surface area contributed by atoms with Gasteiger partial charge in [0.2, 0.25) is 0 Å². The lowest BCUT2D eigenvalue weighted by Gasteiger charge is -2.21. The summed E-state index contributed by atoms with van der Waals surface area (Å²) in [5, 5.41) is 0. The number of nitrogens with zero attached hydrogens (tertiary/aromatic N) is 1. The number of hydrogen-bond donors (Lipinski definition) is 0. The van der Waals surface area contributed by atoms with Crippen molar-refractivity contribution in [3.05, 3.63) is 53.9 Å². The van der Waals surface area contributed by atoms with Gasteiger partial charge in [0.05, 0.1) is 19.3 Å². The first-order valence-corrected chi connectivity index (χ1v) is 9.15. The van der Waals surface area contributed by atoms with Gasteiger partial charge in [-0.1, -0.05) is 6.07 Å². The summed E-state index contributed by atoms with van der Waals surface area (Å²) in [5.74, 6) is 1.61. The zero-order valence-electron chi connectivity index (χ0n) is 15.1. The molecule has 0 spiro atoms. The van der Waals surface area contributed by atoms with Crippen LogP contribution in [0.4, 0.5) is 0 Å². The van der Waals surface area contributed by atoms with Gasteiger partial charge in [-0.2, -0.15) is 0 Å². The zero-order valence-corrected chi connectivity index (χ0v) is 15.1. The molecule has 1 unspecified atom stereocenters. The van der Waals surface area contributed by atoms with E-state index in [1.165, 1.54) is 18.4 Å². The molecule has 0 aliphatic heterocycles. The van der Waals surface area contributed by atoms with Gasteiger partial charge in [0.1, 0.15) is 0 Å². The minimum absolute atomic E-state index is 0.00997. The van der Waals surface area contributed by atoms with Crippen molar-refractivity contribution in [2.24, 2.45) is 0 Å². The molecule has 4 nitrogen and oxygen atoms in total. The van der Waals surface area contributed by atoms with Gasteiger partial charge < -0.3 is 14.2 Å². The van der Waals surface area contributed by atoms with E-state index < -0.39 is 0 Å². The molecule has 1 aromatic carbocycles. The highest BCUT2D eigenvalue weighted by atomic mass is 16.5. The second-order valence-corrected chi connectivity index (χ2v) is 6.44. The summed E-state index contributed by atoms with van der Waals surface area (Å²) in [6.07, 6.45) is 9.48. The van der Waals surface area contributed by atoms with E-state index in [2.05, 4.69) is 17.1 Å². The van der Waals surface area contributed by atoms with Crippen LogP contribution in [-0.4, -0.2) is 24.8 Å². The fourth-order valence-corrected chi connectivity index (χ4v) is 3.38. The van der Waals surface area contributed by atoms with Crippen molar-refractivity contribution in [3.63, 3.8) is 0 Å². The highest BCUT2D eigenvalue weighted by molar-refractivity contribution is 5.44. The molecule has 25 heavy (non-hydrogen) atoms. The Bertz CT molecular complexity index is 653. The third-order valence-electron chi connectivity index (χ3n) is 4.69. The first kappa shape index (κ1) is 17.7. The molecule has 0 amide bonds. The van der Waals surface area contributed by atoms with Gasteiger partial charge in [0, 0.05) is 25.4 Å². The first-order chi connectivity index (χ1) is 12.3. The molecule has 2 aromatic rings. The maximum Gasteiger partial charge on any atom is 0.161 e. The van der Waals surface area contributed by atoms with Gasteiger partial charge in [-0.3, -0.25) is 4.98 Å². The van der Waals surface area contributed by atoms with Gasteiger partial charge in [-0.05, 0) is 68.0 Å². The van der Waals surface area contributed by atoms with E-state index in [0.717, 1.165) is 36.3 Å². The topological polar surface area (TPSA) is 40.6 Å². The van der Waals surface area contributed by atoms with Crippen LogP contribution in [0, 0.1) is 0 Å². The van der Waals surface area contributed by atoms with Crippen LogP contribution in [0.15, 0.2) is 42.7 Å². The molecule has 0 radical (unpaired) electrons. The van der Waals surface area contributed by atoms with Crippen LogP contribution in [0.25, 0.3) is 0 Å². The van der Waals surface area contributed by atoms with Crippen molar-refractivity contribution < 1.29 is 14.2 Å². The summed E-state index contributed by atoms with van der Waals surface area (Å²) in [6, 6.07) is 10.2. The number of ether oxygens (including phenoxy) is 3. The molecular weight excluding hydrogens is 314 g/mol. The van der Waals surface area contributed by atoms with Crippen LogP contribution < -0.4 is 9.47 Å². The molecule has 3 rings (SSSR count). The quantitative estimate of drug-likeness (QED) is 0.696. The summed E-state index contributed by atoms with van der Waals surface area (Å²) < 4.78 is 17.7. The van der Waals surface area contributed by atoms with Crippen molar-refractivity contribution in [2.75, 3.05) is 13.7 Å². The number of hydrogen-bond acceptors (Lipinski definition) is 4. The summed E-state index contributed by atoms with van der Waals surface area (Å²) in [5.41, 5.74) is 2.33. The number of rotatable bonds is 8. The van der Waals surface area contributed by atoms with E-state index in [9.17, 15) is 0 Å². The lowest BCUT2D eigenvalue weighted by Crippen LogP contribution is -2.13. The third kappa shape index (κ3) is 4.73. The molecule has 0 bridgehead atoms. The van der Waals surface area contributed by atoms with Crippen molar-refractivity contribution in [1.29, 1.82) is 0 Å². The van der Waals surface area contributed by atoms with E-state index in [1.807, 2.05) is 37.5 Å². The number of benzene rings is 1. The predicted octanol–water partition coefficient (Wildman–Crippen LogP) is 4.73. The minimum atomic E-state index is -0.00997. The van der Waals surface area contributed by atoms with E-state index >= 15 is 0 Å². The molecule has 1 fully saturated rings. The van der Waals surface area contributed by atoms with Crippen LogP contribution in [0.2, 0.25) is 0 Å². The summed E-state index contributed by atoms with van der Waals surface area (Å²) in [7, 11) is 1.69. The maximum absolute atomic E-state index is 6.23. The standard InChI is InChI=1S/C21H27NO3/c1-3-24-20(14-16-10-12-22-13-11-16)17-8-9-19(23-2)21(15-17)25-18-6-4-5-7-18/h8-13,15,18,20H,3-7,14H2,1-2H3. The molecule has 134 valence electrons. The SMILES string of the molecule is CCOC(Cc1ccncc1)c1ccc(OC)c(OC2CCCC2)c1. The highest BCUT2D eigenvalue weighted by Gasteiger charge is 2.20. The molecule has 1 aliphatic carbocycles. The fourth-order valence-electron chi connectivity index (χ4n) is 3.38. The Kier molecular flexibility index (Phi) is 6.29. The fraction of sp³-hybridized carbons (Fsp3) is 0.476. The molecule has 1 heterocycles. The van der Waals surface area contributed by atoms with Gasteiger partial charge in [0.25, 0.3) is 0 Å². The van der Waals surface area contributed by atoms with E-state index in [1.54, 1.807) is 7.11 Å².